The number of methoxy groups -OCH3 is 1. The van der Waals surface area contributed by atoms with Gasteiger partial charge in [-0.25, -0.2) is 9.78 Å². The number of aromatic nitrogens is 2. The summed E-state index contributed by atoms with van der Waals surface area (Å²) in [7, 11) is 1.30. The van der Waals surface area contributed by atoms with E-state index in [4.69, 9.17) is 0 Å². The molecule has 0 radical (unpaired) electrons. The van der Waals surface area contributed by atoms with Gasteiger partial charge in [0.15, 0.2) is 5.69 Å². The Kier molecular flexibility index (Phi) is 3.00. The fourth-order valence-corrected chi connectivity index (χ4v) is 1.66. The number of nitrogens with zero attached hydrogens (tertiary/aromatic N) is 3. The van der Waals surface area contributed by atoms with E-state index in [1.54, 1.807) is 6.20 Å². The summed E-state index contributed by atoms with van der Waals surface area (Å²) >= 11 is 0. The molecular formula is C10H13N3O3. The topological polar surface area (TPSA) is 75.5 Å². The molecule has 0 aliphatic carbocycles. The summed E-state index contributed by atoms with van der Waals surface area (Å²) < 4.78 is 4.57. The molecule has 1 saturated heterocycles. The van der Waals surface area contributed by atoms with Crippen molar-refractivity contribution in [1.29, 1.82) is 0 Å². The molecule has 16 heavy (non-hydrogen) atoms. The van der Waals surface area contributed by atoms with Crippen LogP contribution in [0.3, 0.4) is 0 Å². The monoisotopic (exact) mass is 223 g/mol. The second kappa shape index (κ2) is 4.44. The zero-order valence-corrected chi connectivity index (χ0v) is 8.96. The first-order chi connectivity index (χ1) is 7.70. The molecule has 2 heterocycles. The third-order valence-electron chi connectivity index (χ3n) is 2.50. The predicted octanol–water partition coefficient (Wildman–Crippen LogP) is -0.166. The molecule has 1 N–H and O–H groups in total. The highest BCUT2D eigenvalue weighted by Crippen LogP contribution is 2.17. The smallest absolute Gasteiger partial charge is 0.358 e. The van der Waals surface area contributed by atoms with Crippen LogP contribution in [0.2, 0.25) is 0 Å². The van der Waals surface area contributed by atoms with Gasteiger partial charge in [0, 0.05) is 13.1 Å². The lowest BCUT2D eigenvalue weighted by Gasteiger charge is -2.16. The van der Waals surface area contributed by atoms with E-state index < -0.39 is 5.97 Å². The maximum atomic E-state index is 11.3. The van der Waals surface area contributed by atoms with Crippen molar-refractivity contribution in [2.45, 2.75) is 12.5 Å². The van der Waals surface area contributed by atoms with E-state index in [1.165, 1.54) is 13.3 Å². The van der Waals surface area contributed by atoms with E-state index in [9.17, 15) is 9.90 Å². The van der Waals surface area contributed by atoms with Crippen LogP contribution >= 0.6 is 0 Å². The minimum atomic E-state index is -0.505. The molecule has 0 amide bonds. The van der Waals surface area contributed by atoms with Crippen LogP contribution in [0.5, 0.6) is 0 Å². The first-order valence-corrected chi connectivity index (χ1v) is 5.04. The van der Waals surface area contributed by atoms with Crippen LogP contribution in [0.25, 0.3) is 0 Å². The number of hydrogen-bond donors (Lipinski definition) is 1. The molecule has 1 aliphatic rings. The van der Waals surface area contributed by atoms with Crippen molar-refractivity contribution in [3.05, 3.63) is 18.1 Å². The summed E-state index contributed by atoms with van der Waals surface area (Å²) in [6, 6.07) is 0. The van der Waals surface area contributed by atoms with E-state index in [-0.39, 0.29) is 11.8 Å². The second-order valence-corrected chi connectivity index (χ2v) is 3.64. The van der Waals surface area contributed by atoms with Crippen LogP contribution in [0.15, 0.2) is 12.4 Å². The molecule has 6 heteroatoms. The molecule has 0 bridgehead atoms. The summed E-state index contributed by atoms with van der Waals surface area (Å²) in [4.78, 5) is 21.2. The number of ether oxygens (including phenoxy) is 1. The number of aliphatic hydroxyl groups excluding tert-OH is 1. The Morgan fingerprint density at radius 2 is 2.44 bits per heavy atom. The highest BCUT2D eigenvalue weighted by Gasteiger charge is 2.22. The molecule has 1 unspecified atom stereocenters. The molecule has 1 aromatic heterocycles. The quantitative estimate of drug-likeness (QED) is 0.702. The lowest BCUT2D eigenvalue weighted by molar-refractivity contribution is 0.0593. The number of aliphatic hydroxyl groups is 1. The van der Waals surface area contributed by atoms with Crippen molar-refractivity contribution in [2.24, 2.45) is 0 Å². The van der Waals surface area contributed by atoms with Gasteiger partial charge < -0.3 is 14.7 Å². The zero-order valence-electron chi connectivity index (χ0n) is 8.96. The van der Waals surface area contributed by atoms with E-state index in [0.29, 0.717) is 18.8 Å². The minimum absolute atomic E-state index is 0.182. The molecule has 6 nitrogen and oxygen atoms in total. The standard InChI is InChI=1S/C10H13N3O3/c1-16-10(15)8-4-11-5-9(12-8)13-3-2-7(14)6-13/h4-5,7,14H,2-3,6H2,1H3. The fraction of sp³-hybridized carbons (Fsp3) is 0.500. The molecule has 0 spiro atoms. The van der Waals surface area contributed by atoms with Crippen molar-refractivity contribution >= 4 is 11.8 Å². The van der Waals surface area contributed by atoms with E-state index in [0.717, 1.165) is 6.54 Å². The molecule has 0 aromatic carbocycles. The van der Waals surface area contributed by atoms with Gasteiger partial charge in [-0.15, -0.1) is 0 Å². The van der Waals surface area contributed by atoms with E-state index in [1.807, 2.05) is 4.90 Å². The number of hydrogen-bond acceptors (Lipinski definition) is 6. The summed E-state index contributed by atoms with van der Waals surface area (Å²) in [5, 5.41) is 9.40. The van der Waals surface area contributed by atoms with Crippen LogP contribution in [0.4, 0.5) is 5.82 Å². The number of carbonyl (C=O) groups excluding carboxylic acids is 1. The van der Waals surface area contributed by atoms with Gasteiger partial charge in [0.2, 0.25) is 0 Å². The largest absolute Gasteiger partial charge is 0.464 e. The van der Waals surface area contributed by atoms with E-state index in [2.05, 4.69) is 14.7 Å². The zero-order chi connectivity index (χ0) is 11.5. The van der Waals surface area contributed by atoms with Crippen molar-refractivity contribution in [3.63, 3.8) is 0 Å². The van der Waals surface area contributed by atoms with E-state index >= 15 is 0 Å². The van der Waals surface area contributed by atoms with Gasteiger partial charge >= 0.3 is 5.97 Å². The highest BCUT2D eigenvalue weighted by molar-refractivity contribution is 5.87. The van der Waals surface area contributed by atoms with Crippen LogP contribution in [-0.2, 0) is 4.74 Å². The highest BCUT2D eigenvalue weighted by atomic mass is 16.5. The first-order valence-electron chi connectivity index (χ1n) is 5.04. The van der Waals surface area contributed by atoms with Gasteiger partial charge in [-0.1, -0.05) is 0 Å². The Labute approximate surface area is 92.9 Å². The van der Waals surface area contributed by atoms with Gasteiger partial charge in [0.05, 0.1) is 25.6 Å². The molecule has 1 fully saturated rings. The van der Waals surface area contributed by atoms with Crippen molar-refractivity contribution in [1.82, 2.24) is 9.97 Å². The summed E-state index contributed by atoms with van der Waals surface area (Å²) in [6.07, 6.45) is 3.32. The van der Waals surface area contributed by atoms with Gasteiger partial charge in [-0.2, -0.15) is 0 Å². The second-order valence-electron chi connectivity index (χ2n) is 3.64. The predicted molar refractivity (Wildman–Crippen MR) is 56.2 cm³/mol. The van der Waals surface area contributed by atoms with Gasteiger partial charge in [0.25, 0.3) is 0 Å². The molecular weight excluding hydrogens is 210 g/mol. The summed E-state index contributed by atoms with van der Waals surface area (Å²) in [5.74, 6) is 0.0912. The number of anilines is 1. The molecule has 1 aliphatic heterocycles. The lowest BCUT2D eigenvalue weighted by atomic mass is 10.3. The van der Waals surface area contributed by atoms with Crippen molar-refractivity contribution in [2.75, 3.05) is 25.1 Å². The molecule has 2 rings (SSSR count). The number of β-amino-alcohol motifs (C(OH)–C–C–N with tert-alkyl or cyclic N) is 1. The fourth-order valence-electron chi connectivity index (χ4n) is 1.66. The van der Waals surface area contributed by atoms with Crippen molar-refractivity contribution in [3.8, 4) is 0 Å². The summed E-state index contributed by atoms with van der Waals surface area (Å²) in [5.41, 5.74) is 0.182. The van der Waals surface area contributed by atoms with Gasteiger partial charge in [-0.05, 0) is 6.42 Å². The average Bonchev–Trinajstić information content (AvgIpc) is 2.75. The van der Waals surface area contributed by atoms with Crippen molar-refractivity contribution < 1.29 is 14.6 Å². The Bertz CT molecular complexity index is 397. The van der Waals surface area contributed by atoms with Gasteiger partial charge in [-0.3, -0.25) is 4.98 Å². The Balaban J connectivity index is 2.19. The van der Waals surface area contributed by atoms with Crippen LogP contribution in [0, 0.1) is 0 Å². The number of carbonyl (C=O) groups is 1. The average molecular weight is 223 g/mol. The first kappa shape index (κ1) is 10.8. The molecule has 86 valence electrons. The van der Waals surface area contributed by atoms with Gasteiger partial charge in [0.1, 0.15) is 5.82 Å². The Morgan fingerprint density at radius 3 is 3.06 bits per heavy atom. The third kappa shape index (κ3) is 2.11. The SMILES string of the molecule is COC(=O)c1cncc(N2CCC(O)C2)n1. The maximum Gasteiger partial charge on any atom is 0.358 e. The lowest BCUT2D eigenvalue weighted by Crippen LogP contribution is -2.23. The summed E-state index contributed by atoms with van der Waals surface area (Å²) in [6.45, 7) is 1.25. The van der Waals surface area contributed by atoms with Crippen LogP contribution in [-0.4, -0.2) is 47.3 Å². The number of rotatable bonds is 2. The normalized spacial score (nSPS) is 19.9. The third-order valence-corrected chi connectivity index (χ3v) is 2.50. The molecule has 1 aromatic rings. The number of esters is 1. The Morgan fingerprint density at radius 1 is 1.62 bits per heavy atom. The molecule has 1 atom stereocenters. The van der Waals surface area contributed by atoms with Crippen LogP contribution < -0.4 is 4.90 Å². The maximum absolute atomic E-state index is 11.3. The molecule has 0 saturated carbocycles. The van der Waals surface area contributed by atoms with Crippen LogP contribution in [0.1, 0.15) is 16.9 Å². The Hall–Kier alpha value is -1.69. The minimum Gasteiger partial charge on any atom is -0.464 e.